The smallest absolute Gasteiger partial charge is 0.293 e. The monoisotopic (exact) mass is 795 g/mol. The Hall–Kier alpha value is -5.74. The molecule has 17 heteroatoms. The molecule has 0 spiro atoms. The van der Waals surface area contributed by atoms with Crippen LogP contribution in [0.4, 0.5) is 23.1 Å². The van der Waals surface area contributed by atoms with E-state index in [9.17, 15) is 19.2 Å². The number of carbonyl (C=O) groups excluding carboxylic acids is 3. The number of pyridine rings is 1. The number of ether oxygens (including phenoxy) is 1. The average Bonchev–Trinajstić information content (AvgIpc) is 3.55. The van der Waals surface area contributed by atoms with Gasteiger partial charge < -0.3 is 29.7 Å². The van der Waals surface area contributed by atoms with Crippen LogP contribution in [0.5, 0.6) is 5.75 Å². The lowest BCUT2D eigenvalue weighted by Crippen LogP contribution is -2.49. The van der Waals surface area contributed by atoms with Crippen LogP contribution in [0.2, 0.25) is 5.02 Å². The Balaban J connectivity index is 0.866. The minimum absolute atomic E-state index is 0.0831. The number of piperidine rings is 2. The molecule has 2 aromatic carbocycles. The molecule has 6 heterocycles. The van der Waals surface area contributed by atoms with Crippen molar-refractivity contribution in [3.05, 3.63) is 69.7 Å². The number of aryl methyl sites for hydroxylation is 2. The number of nitrogens with one attached hydrogen (secondary N) is 3. The lowest BCUT2D eigenvalue weighted by atomic mass is 9.92. The van der Waals surface area contributed by atoms with Gasteiger partial charge in [0.1, 0.15) is 5.02 Å². The first-order valence-corrected chi connectivity index (χ1v) is 19.7. The van der Waals surface area contributed by atoms with Gasteiger partial charge in [0.25, 0.3) is 11.5 Å². The lowest BCUT2D eigenvalue weighted by Gasteiger charge is -2.39. The van der Waals surface area contributed by atoms with Crippen molar-refractivity contribution in [1.29, 1.82) is 0 Å². The van der Waals surface area contributed by atoms with Crippen LogP contribution in [0, 0.1) is 5.92 Å². The maximum Gasteiger partial charge on any atom is 0.293 e. The molecule has 0 saturated carbocycles. The molecule has 57 heavy (non-hydrogen) atoms. The van der Waals surface area contributed by atoms with Gasteiger partial charge in [0, 0.05) is 89.8 Å². The van der Waals surface area contributed by atoms with Crippen LogP contribution in [-0.4, -0.2) is 106 Å². The van der Waals surface area contributed by atoms with Gasteiger partial charge in [-0.25, -0.2) is 4.98 Å². The zero-order chi connectivity index (χ0) is 39.8. The summed E-state index contributed by atoms with van der Waals surface area (Å²) in [6, 6.07) is 13.4. The summed E-state index contributed by atoms with van der Waals surface area (Å²) >= 11 is 6.57. The van der Waals surface area contributed by atoms with Crippen molar-refractivity contribution >= 4 is 74.3 Å². The first kappa shape index (κ1) is 38.1. The molecule has 0 radical (unpaired) electrons. The number of halogens is 1. The first-order valence-electron chi connectivity index (χ1n) is 19.3. The molecule has 8 rings (SSSR count). The number of para-hydroxylation sites is 1. The van der Waals surface area contributed by atoms with Gasteiger partial charge in [0.15, 0.2) is 18.2 Å². The minimum Gasteiger partial charge on any atom is -0.478 e. The molecule has 1 unspecified atom stereocenters. The molecule has 3 aliphatic heterocycles. The van der Waals surface area contributed by atoms with Crippen LogP contribution in [0.3, 0.4) is 0 Å². The second-order valence-electron chi connectivity index (χ2n) is 15.0. The average molecular weight is 796 g/mol. The zero-order valence-electron chi connectivity index (χ0n) is 32.3. The number of imide groups is 1. The highest BCUT2D eigenvalue weighted by Gasteiger charge is 2.33. The standard InChI is InChI=1S/C40H46ClN11O5/c1-42-34(54)23-57-32-20-25-19-26(7-9-30(25)48(2)39(32)56)44-37-29(41)21-43-40(46-37)52-17-15-50(16-18-52)22-24-11-13-51(14-12-24)31-6-4-5-27-35(47-49(3)36(27)31)28-8-10-33(53)45-38(28)55/h4-7,9,19-21,24,28H,8,10-18,22-23H2,1-3H3,(H,42,54)(H,43,44,46)(H,45,53,55). The van der Waals surface area contributed by atoms with Crippen LogP contribution in [0.25, 0.3) is 21.8 Å². The molecule has 16 nitrogen and oxygen atoms in total. The zero-order valence-corrected chi connectivity index (χ0v) is 33.0. The van der Waals surface area contributed by atoms with E-state index in [1.807, 2.05) is 42.1 Å². The molecule has 3 N–H and O–H groups in total. The number of likely N-dealkylation sites (N-methyl/N-ethyl adjacent to an activating group) is 1. The van der Waals surface area contributed by atoms with Gasteiger partial charge in [0.2, 0.25) is 17.8 Å². The summed E-state index contributed by atoms with van der Waals surface area (Å²) in [5.41, 5.74) is 4.00. The lowest BCUT2D eigenvalue weighted by molar-refractivity contribution is -0.134. The summed E-state index contributed by atoms with van der Waals surface area (Å²) in [6.07, 6.45) is 4.58. The van der Waals surface area contributed by atoms with Gasteiger partial charge in [-0.05, 0) is 55.5 Å². The fourth-order valence-corrected chi connectivity index (χ4v) is 8.39. The number of fused-ring (bicyclic) bond motifs is 2. The number of hydrogen-bond donors (Lipinski definition) is 3. The maximum absolute atomic E-state index is 12.8. The summed E-state index contributed by atoms with van der Waals surface area (Å²) < 4.78 is 8.89. The molecular formula is C40H46ClN11O5. The highest BCUT2D eigenvalue weighted by molar-refractivity contribution is 6.33. The van der Waals surface area contributed by atoms with E-state index in [4.69, 9.17) is 26.4 Å². The van der Waals surface area contributed by atoms with Gasteiger partial charge in [-0.3, -0.25) is 34.1 Å². The van der Waals surface area contributed by atoms with E-state index in [1.165, 1.54) is 11.6 Å². The molecule has 3 amide bonds. The molecule has 0 bridgehead atoms. The van der Waals surface area contributed by atoms with E-state index in [1.54, 1.807) is 19.3 Å². The summed E-state index contributed by atoms with van der Waals surface area (Å²) in [4.78, 5) is 65.5. The maximum atomic E-state index is 12.8. The number of anilines is 4. The quantitative estimate of drug-likeness (QED) is 0.177. The van der Waals surface area contributed by atoms with Gasteiger partial charge in [-0.15, -0.1) is 0 Å². The van der Waals surface area contributed by atoms with E-state index in [2.05, 4.69) is 41.7 Å². The summed E-state index contributed by atoms with van der Waals surface area (Å²) in [5.74, 6) is 0.508. The van der Waals surface area contributed by atoms with Crippen LogP contribution in [-0.2, 0) is 28.5 Å². The molecule has 5 aromatic rings. The topological polar surface area (TPSA) is 172 Å². The third-order valence-electron chi connectivity index (χ3n) is 11.4. The van der Waals surface area contributed by atoms with E-state index in [0.717, 1.165) is 92.0 Å². The van der Waals surface area contributed by atoms with Crippen LogP contribution in [0.15, 0.2) is 53.5 Å². The number of aromatic nitrogens is 5. The summed E-state index contributed by atoms with van der Waals surface area (Å²) in [6.45, 7) is 6.06. The van der Waals surface area contributed by atoms with Gasteiger partial charge in [0.05, 0.1) is 34.5 Å². The number of rotatable bonds is 10. The van der Waals surface area contributed by atoms with Crippen molar-refractivity contribution in [2.24, 2.45) is 20.0 Å². The third-order valence-corrected chi connectivity index (χ3v) is 11.7. The number of piperazine rings is 1. The molecule has 3 fully saturated rings. The second kappa shape index (κ2) is 16.0. The molecule has 3 aromatic heterocycles. The Kier molecular flexibility index (Phi) is 10.7. The Labute approximate surface area is 334 Å². The van der Waals surface area contributed by atoms with E-state index in [-0.39, 0.29) is 35.6 Å². The van der Waals surface area contributed by atoms with Crippen molar-refractivity contribution in [3.8, 4) is 5.75 Å². The van der Waals surface area contributed by atoms with Gasteiger partial charge in [-0.2, -0.15) is 10.1 Å². The van der Waals surface area contributed by atoms with E-state index in [0.29, 0.717) is 41.1 Å². The number of benzene rings is 2. The van der Waals surface area contributed by atoms with E-state index >= 15 is 0 Å². The Morgan fingerprint density at radius 3 is 2.53 bits per heavy atom. The Morgan fingerprint density at radius 1 is 0.982 bits per heavy atom. The minimum atomic E-state index is -0.424. The molecule has 0 aliphatic carbocycles. The number of hydrogen-bond acceptors (Lipinski definition) is 12. The third kappa shape index (κ3) is 7.83. The Morgan fingerprint density at radius 2 is 1.77 bits per heavy atom. The van der Waals surface area contributed by atoms with Crippen molar-refractivity contribution < 1.29 is 19.1 Å². The van der Waals surface area contributed by atoms with Crippen molar-refractivity contribution in [2.75, 3.05) is 74.6 Å². The van der Waals surface area contributed by atoms with Gasteiger partial charge >= 0.3 is 0 Å². The fourth-order valence-electron chi connectivity index (χ4n) is 8.25. The fraction of sp³-hybridized carbons (Fsp3) is 0.425. The van der Waals surface area contributed by atoms with Crippen molar-refractivity contribution in [1.82, 2.24) is 39.8 Å². The van der Waals surface area contributed by atoms with Gasteiger partial charge in [-0.1, -0.05) is 23.7 Å². The normalized spacial score (nSPS) is 18.3. The SMILES string of the molecule is CNC(=O)COc1cc2cc(Nc3nc(N4CCN(CC5CCN(c6cccc7c(C8CCC(=O)NC8=O)nn(C)c67)CC5)CC4)ncc3Cl)ccc2n(C)c1=O. The number of amides is 3. The summed E-state index contributed by atoms with van der Waals surface area (Å²) in [5, 5.41) is 15.2. The van der Waals surface area contributed by atoms with Crippen molar-refractivity contribution in [2.45, 2.75) is 31.6 Å². The largest absolute Gasteiger partial charge is 0.478 e. The van der Waals surface area contributed by atoms with Crippen LogP contribution in [0.1, 0.15) is 37.3 Å². The summed E-state index contributed by atoms with van der Waals surface area (Å²) in [7, 11) is 5.10. The molecule has 298 valence electrons. The van der Waals surface area contributed by atoms with Crippen LogP contribution >= 0.6 is 11.6 Å². The molecule has 1 atom stereocenters. The number of carbonyl (C=O) groups is 3. The molecule has 3 aliphatic rings. The molecule has 3 saturated heterocycles. The predicted molar refractivity (Wildman–Crippen MR) is 219 cm³/mol. The predicted octanol–water partition coefficient (Wildman–Crippen LogP) is 3.30. The second-order valence-corrected chi connectivity index (χ2v) is 15.4. The highest BCUT2D eigenvalue weighted by atomic mass is 35.5. The Bertz CT molecular complexity index is 2420. The molecular weight excluding hydrogens is 750 g/mol. The number of nitrogens with zero attached hydrogens (tertiary/aromatic N) is 8. The van der Waals surface area contributed by atoms with Crippen molar-refractivity contribution in [3.63, 3.8) is 0 Å². The first-order chi connectivity index (χ1) is 27.6. The van der Waals surface area contributed by atoms with Crippen LogP contribution < -0.4 is 36.0 Å². The van der Waals surface area contributed by atoms with E-state index < -0.39 is 5.92 Å². The highest BCUT2D eigenvalue weighted by Crippen LogP contribution is 2.36.